The molecule has 0 radical (unpaired) electrons. The fraction of sp³-hybridized carbons (Fsp3) is 0.938. The Hall–Kier alpha value is -0.610. The average molecular weight is 282 g/mol. The number of rotatable bonds is 6. The molecule has 2 rings (SSSR count). The first-order chi connectivity index (χ1) is 9.66. The van der Waals surface area contributed by atoms with Crippen molar-refractivity contribution in [3.8, 4) is 0 Å². The van der Waals surface area contributed by atoms with Crippen molar-refractivity contribution in [2.45, 2.75) is 58.0 Å². The Morgan fingerprint density at radius 3 is 2.50 bits per heavy atom. The van der Waals surface area contributed by atoms with Gasteiger partial charge in [0.05, 0.1) is 6.10 Å². The maximum Gasteiger partial charge on any atom is 0.223 e. The zero-order valence-corrected chi connectivity index (χ0v) is 12.8. The van der Waals surface area contributed by atoms with Crippen molar-refractivity contribution in [2.24, 2.45) is 11.8 Å². The number of amides is 1. The SMILES string of the molecule is CC(O)C1CCN(CCCNC(=O)C2CCCC2)CC1. The number of aliphatic hydroxyl groups excluding tert-OH is 1. The normalized spacial score (nSPS) is 23.9. The summed E-state index contributed by atoms with van der Waals surface area (Å²) in [6, 6.07) is 0. The van der Waals surface area contributed by atoms with Crippen molar-refractivity contribution < 1.29 is 9.90 Å². The highest BCUT2D eigenvalue weighted by molar-refractivity contribution is 5.78. The van der Waals surface area contributed by atoms with Crippen molar-refractivity contribution in [3.63, 3.8) is 0 Å². The Morgan fingerprint density at radius 1 is 1.25 bits per heavy atom. The first kappa shape index (κ1) is 15.8. The molecule has 0 spiro atoms. The first-order valence-corrected chi connectivity index (χ1v) is 8.35. The van der Waals surface area contributed by atoms with Gasteiger partial charge in [0, 0.05) is 12.5 Å². The molecule has 2 N–H and O–H groups in total. The van der Waals surface area contributed by atoms with E-state index < -0.39 is 0 Å². The number of aliphatic hydroxyl groups is 1. The van der Waals surface area contributed by atoms with Gasteiger partial charge in [-0.25, -0.2) is 0 Å². The number of hydrogen-bond acceptors (Lipinski definition) is 3. The number of hydrogen-bond donors (Lipinski definition) is 2. The third-order valence-electron chi connectivity index (χ3n) is 4.99. The molecule has 0 bridgehead atoms. The molecule has 1 amide bonds. The van der Waals surface area contributed by atoms with E-state index in [-0.39, 0.29) is 17.9 Å². The quantitative estimate of drug-likeness (QED) is 0.730. The van der Waals surface area contributed by atoms with E-state index in [2.05, 4.69) is 10.2 Å². The summed E-state index contributed by atoms with van der Waals surface area (Å²) in [4.78, 5) is 14.3. The van der Waals surface area contributed by atoms with Gasteiger partial charge in [-0.3, -0.25) is 4.79 Å². The Balaban J connectivity index is 1.52. The third-order valence-corrected chi connectivity index (χ3v) is 4.99. The summed E-state index contributed by atoms with van der Waals surface area (Å²) in [5.41, 5.74) is 0. The molecule has 0 aromatic rings. The Morgan fingerprint density at radius 2 is 1.90 bits per heavy atom. The molecule has 4 nitrogen and oxygen atoms in total. The Kier molecular flexibility index (Phi) is 6.30. The van der Waals surface area contributed by atoms with Crippen LogP contribution in [0, 0.1) is 11.8 Å². The second kappa shape index (κ2) is 7.99. The largest absolute Gasteiger partial charge is 0.393 e. The van der Waals surface area contributed by atoms with Crippen LogP contribution in [0.3, 0.4) is 0 Å². The van der Waals surface area contributed by atoms with E-state index in [0.29, 0.717) is 5.92 Å². The zero-order valence-electron chi connectivity index (χ0n) is 12.8. The summed E-state index contributed by atoms with van der Waals surface area (Å²) in [7, 11) is 0. The van der Waals surface area contributed by atoms with Crippen molar-refractivity contribution in [2.75, 3.05) is 26.2 Å². The number of nitrogens with zero attached hydrogens (tertiary/aromatic N) is 1. The molecule has 4 heteroatoms. The Labute approximate surface area is 122 Å². The van der Waals surface area contributed by atoms with Crippen LogP contribution in [0.5, 0.6) is 0 Å². The predicted octanol–water partition coefficient (Wildman–Crippen LogP) is 1.78. The lowest BCUT2D eigenvalue weighted by Crippen LogP contribution is -2.39. The average Bonchev–Trinajstić information content (AvgIpc) is 2.98. The lowest BCUT2D eigenvalue weighted by molar-refractivity contribution is -0.124. The van der Waals surface area contributed by atoms with Crippen LogP contribution < -0.4 is 5.32 Å². The second-order valence-corrected chi connectivity index (χ2v) is 6.55. The topological polar surface area (TPSA) is 52.6 Å². The molecule has 1 saturated carbocycles. The number of carbonyl (C=O) groups is 1. The van der Waals surface area contributed by atoms with Crippen molar-refractivity contribution in [1.29, 1.82) is 0 Å². The highest BCUT2D eigenvalue weighted by Crippen LogP contribution is 2.24. The number of carbonyl (C=O) groups excluding carboxylic acids is 1. The van der Waals surface area contributed by atoms with Crippen LogP contribution in [-0.2, 0) is 4.79 Å². The van der Waals surface area contributed by atoms with Gasteiger partial charge < -0.3 is 15.3 Å². The lowest BCUT2D eigenvalue weighted by atomic mass is 9.92. The molecule has 1 aliphatic heterocycles. The van der Waals surface area contributed by atoms with Gasteiger partial charge >= 0.3 is 0 Å². The van der Waals surface area contributed by atoms with Gasteiger partial charge in [-0.1, -0.05) is 12.8 Å². The van der Waals surface area contributed by atoms with Crippen LogP contribution in [0.4, 0.5) is 0 Å². The van der Waals surface area contributed by atoms with Crippen LogP contribution in [0.15, 0.2) is 0 Å². The van der Waals surface area contributed by atoms with Crippen molar-refractivity contribution >= 4 is 5.91 Å². The molecular formula is C16H30N2O2. The van der Waals surface area contributed by atoms with E-state index in [1.165, 1.54) is 12.8 Å². The van der Waals surface area contributed by atoms with E-state index in [1.54, 1.807) is 0 Å². The molecule has 2 aliphatic rings. The minimum Gasteiger partial charge on any atom is -0.393 e. The molecule has 1 saturated heterocycles. The predicted molar refractivity (Wildman–Crippen MR) is 80.4 cm³/mol. The highest BCUT2D eigenvalue weighted by Gasteiger charge is 2.23. The van der Waals surface area contributed by atoms with E-state index in [9.17, 15) is 9.90 Å². The number of piperidine rings is 1. The van der Waals surface area contributed by atoms with Gasteiger partial charge in [0.2, 0.25) is 5.91 Å². The van der Waals surface area contributed by atoms with Gasteiger partial charge in [0.1, 0.15) is 0 Å². The fourth-order valence-corrected chi connectivity index (χ4v) is 3.51. The standard InChI is InChI=1S/C16H30N2O2/c1-13(19)14-7-11-18(12-8-14)10-4-9-17-16(20)15-5-2-3-6-15/h13-15,19H,2-12H2,1H3,(H,17,20). The van der Waals surface area contributed by atoms with Gasteiger partial charge in [0.15, 0.2) is 0 Å². The number of likely N-dealkylation sites (tertiary alicyclic amines) is 1. The maximum atomic E-state index is 11.9. The highest BCUT2D eigenvalue weighted by atomic mass is 16.3. The molecule has 1 aliphatic carbocycles. The van der Waals surface area contributed by atoms with Crippen LogP contribution in [0.2, 0.25) is 0 Å². The van der Waals surface area contributed by atoms with Crippen molar-refractivity contribution in [3.05, 3.63) is 0 Å². The Bertz CT molecular complexity index is 293. The molecular weight excluding hydrogens is 252 g/mol. The third kappa shape index (κ3) is 4.74. The summed E-state index contributed by atoms with van der Waals surface area (Å²) in [6.45, 7) is 5.96. The summed E-state index contributed by atoms with van der Waals surface area (Å²) in [5, 5.41) is 12.7. The van der Waals surface area contributed by atoms with E-state index >= 15 is 0 Å². The first-order valence-electron chi connectivity index (χ1n) is 8.35. The van der Waals surface area contributed by atoms with Crippen molar-refractivity contribution in [1.82, 2.24) is 10.2 Å². The van der Waals surface area contributed by atoms with Gasteiger partial charge in [0.25, 0.3) is 0 Å². The minimum atomic E-state index is -0.164. The minimum absolute atomic E-state index is 0.164. The van der Waals surface area contributed by atoms with Gasteiger partial charge in [-0.15, -0.1) is 0 Å². The molecule has 2 fully saturated rings. The van der Waals surface area contributed by atoms with E-state index in [1.807, 2.05) is 6.92 Å². The molecule has 1 heterocycles. The summed E-state index contributed by atoms with van der Waals surface area (Å²) < 4.78 is 0. The molecule has 1 atom stereocenters. The number of nitrogens with one attached hydrogen (secondary N) is 1. The summed E-state index contributed by atoms with van der Waals surface area (Å²) >= 11 is 0. The fourth-order valence-electron chi connectivity index (χ4n) is 3.51. The summed E-state index contributed by atoms with van der Waals surface area (Å²) in [6.07, 6.45) is 7.68. The molecule has 0 aromatic carbocycles. The van der Waals surface area contributed by atoms with Crippen LogP contribution in [0.25, 0.3) is 0 Å². The molecule has 0 aromatic heterocycles. The van der Waals surface area contributed by atoms with Gasteiger partial charge in [-0.05, 0) is 64.6 Å². The van der Waals surface area contributed by atoms with Crippen LogP contribution in [0.1, 0.15) is 51.9 Å². The monoisotopic (exact) mass is 282 g/mol. The lowest BCUT2D eigenvalue weighted by Gasteiger charge is -2.33. The molecule has 1 unspecified atom stereocenters. The second-order valence-electron chi connectivity index (χ2n) is 6.55. The summed E-state index contributed by atoms with van der Waals surface area (Å²) in [5.74, 6) is 1.04. The van der Waals surface area contributed by atoms with Gasteiger partial charge in [-0.2, -0.15) is 0 Å². The van der Waals surface area contributed by atoms with Crippen LogP contribution >= 0.6 is 0 Å². The van der Waals surface area contributed by atoms with E-state index in [4.69, 9.17) is 0 Å². The van der Waals surface area contributed by atoms with E-state index in [0.717, 1.165) is 58.3 Å². The molecule has 116 valence electrons. The maximum absolute atomic E-state index is 11.9. The smallest absolute Gasteiger partial charge is 0.223 e. The zero-order chi connectivity index (χ0) is 14.4. The van der Waals surface area contributed by atoms with Crippen LogP contribution in [-0.4, -0.2) is 48.2 Å². The molecule has 20 heavy (non-hydrogen) atoms.